The molecule has 1 amide bonds. The Morgan fingerprint density at radius 3 is 2.89 bits per heavy atom. The van der Waals surface area contributed by atoms with Crippen molar-refractivity contribution >= 4 is 22.9 Å². The van der Waals surface area contributed by atoms with Crippen LogP contribution in [0.4, 0.5) is 5.69 Å². The third-order valence-corrected chi connectivity index (χ3v) is 5.20. The van der Waals surface area contributed by atoms with Crippen LogP contribution in [0.1, 0.15) is 23.2 Å². The minimum absolute atomic E-state index is 0.152. The SMILES string of the molecule is O=C(Nc1ccc(-c2nccs2)cc1)c1cccc(OCC2CCCO2)c1. The van der Waals surface area contributed by atoms with Gasteiger partial charge < -0.3 is 14.8 Å². The van der Waals surface area contributed by atoms with Gasteiger partial charge in [0.1, 0.15) is 17.4 Å². The van der Waals surface area contributed by atoms with Crippen molar-refractivity contribution in [2.24, 2.45) is 0 Å². The lowest BCUT2D eigenvalue weighted by molar-refractivity contribution is 0.0679. The first-order valence-electron chi connectivity index (χ1n) is 8.94. The number of nitrogens with zero attached hydrogens (tertiary/aromatic N) is 1. The zero-order valence-corrected chi connectivity index (χ0v) is 15.6. The summed E-state index contributed by atoms with van der Waals surface area (Å²) in [5.41, 5.74) is 2.34. The zero-order valence-electron chi connectivity index (χ0n) is 14.8. The Bertz CT molecular complexity index is 888. The van der Waals surface area contributed by atoms with E-state index >= 15 is 0 Å². The molecule has 1 aromatic heterocycles. The van der Waals surface area contributed by atoms with Gasteiger partial charge in [-0.15, -0.1) is 11.3 Å². The fourth-order valence-electron chi connectivity index (χ4n) is 2.96. The molecule has 1 saturated heterocycles. The molecule has 0 saturated carbocycles. The van der Waals surface area contributed by atoms with Gasteiger partial charge in [0, 0.05) is 35.0 Å². The van der Waals surface area contributed by atoms with Gasteiger partial charge in [0.15, 0.2) is 0 Å². The van der Waals surface area contributed by atoms with Crippen LogP contribution in [-0.4, -0.2) is 30.2 Å². The predicted octanol–water partition coefficient (Wildman–Crippen LogP) is 4.62. The highest BCUT2D eigenvalue weighted by Crippen LogP contribution is 2.24. The van der Waals surface area contributed by atoms with Crippen LogP contribution in [0.5, 0.6) is 5.75 Å². The highest BCUT2D eigenvalue weighted by Gasteiger charge is 2.16. The van der Waals surface area contributed by atoms with Gasteiger partial charge in [0.2, 0.25) is 0 Å². The number of amides is 1. The maximum atomic E-state index is 12.5. The topological polar surface area (TPSA) is 60.5 Å². The summed E-state index contributed by atoms with van der Waals surface area (Å²) in [5.74, 6) is 0.511. The summed E-state index contributed by atoms with van der Waals surface area (Å²) in [5, 5.41) is 5.82. The molecule has 4 rings (SSSR count). The molecule has 2 heterocycles. The second-order valence-electron chi connectivity index (χ2n) is 6.34. The number of nitrogens with one attached hydrogen (secondary N) is 1. The maximum absolute atomic E-state index is 12.5. The summed E-state index contributed by atoms with van der Waals surface area (Å²) >= 11 is 1.59. The highest BCUT2D eigenvalue weighted by molar-refractivity contribution is 7.13. The maximum Gasteiger partial charge on any atom is 0.255 e. The third kappa shape index (κ3) is 4.53. The molecule has 0 aliphatic carbocycles. The molecule has 1 unspecified atom stereocenters. The van der Waals surface area contributed by atoms with Crippen LogP contribution in [0.15, 0.2) is 60.1 Å². The van der Waals surface area contributed by atoms with Crippen LogP contribution < -0.4 is 10.1 Å². The van der Waals surface area contributed by atoms with E-state index in [9.17, 15) is 4.79 Å². The van der Waals surface area contributed by atoms with E-state index in [-0.39, 0.29) is 12.0 Å². The number of carbonyl (C=O) groups excluding carboxylic acids is 1. The lowest BCUT2D eigenvalue weighted by Crippen LogP contribution is -2.17. The van der Waals surface area contributed by atoms with Crippen molar-refractivity contribution in [1.82, 2.24) is 4.98 Å². The Labute approximate surface area is 162 Å². The number of aromatic nitrogens is 1. The molecule has 1 aliphatic rings. The molecule has 0 spiro atoms. The largest absolute Gasteiger partial charge is 0.491 e. The van der Waals surface area contributed by atoms with Gasteiger partial charge in [-0.2, -0.15) is 0 Å². The van der Waals surface area contributed by atoms with Crippen LogP contribution in [-0.2, 0) is 4.74 Å². The molecular formula is C21H20N2O3S. The second-order valence-corrected chi connectivity index (χ2v) is 7.24. The fourth-order valence-corrected chi connectivity index (χ4v) is 3.60. The first-order chi connectivity index (χ1) is 13.3. The first kappa shape index (κ1) is 17.7. The molecule has 3 aromatic rings. The van der Waals surface area contributed by atoms with Crippen molar-refractivity contribution in [2.45, 2.75) is 18.9 Å². The van der Waals surface area contributed by atoms with Gasteiger partial charge in [-0.05, 0) is 55.3 Å². The fraction of sp³-hybridized carbons (Fsp3) is 0.238. The number of anilines is 1. The molecule has 1 fully saturated rings. The molecule has 1 N–H and O–H groups in total. The first-order valence-corrected chi connectivity index (χ1v) is 9.82. The Kier molecular flexibility index (Phi) is 5.46. The van der Waals surface area contributed by atoms with E-state index in [2.05, 4.69) is 10.3 Å². The molecule has 1 atom stereocenters. The van der Waals surface area contributed by atoms with Crippen molar-refractivity contribution in [3.8, 4) is 16.3 Å². The monoisotopic (exact) mass is 380 g/mol. The van der Waals surface area contributed by atoms with E-state index in [0.717, 1.165) is 35.7 Å². The second kappa shape index (κ2) is 8.33. The van der Waals surface area contributed by atoms with E-state index in [1.807, 2.05) is 41.8 Å². The Hall–Kier alpha value is -2.70. The van der Waals surface area contributed by atoms with Crippen molar-refractivity contribution in [2.75, 3.05) is 18.5 Å². The number of hydrogen-bond acceptors (Lipinski definition) is 5. The molecule has 138 valence electrons. The lowest BCUT2D eigenvalue weighted by Gasteiger charge is -2.12. The van der Waals surface area contributed by atoms with Crippen molar-refractivity contribution in [3.63, 3.8) is 0 Å². The zero-order chi connectivity index (χ0) is 18.5. The molecule has 2 aromatic carbocycles. The number of hydrogen-bond donors (Lipinski definition) is 1. The lowest BCUT2D eigenvalue weighted by atomic mass is 10.1. The summed E-state index contributed by atoms with van der Waals surface area (Å²) in [4.78, 5) is 16.8. The summed E-state index contributed by atoms with van der Waals surface area (Å²) in [6, 6.07) is 14.9. The average Bonchev–Trinajstić information content (AvgIpc) is 3.41. The number of carbonyl (C=O) groups is 1. The van der Waals surface area contributed by atoms with Gasteiger partial charge in [-0.25, -0.2) is 4.98 Å². The number of rotatable bonds is 6. The normalized spacial score (nSPS) is 16.2. The summed E-state index contributed by atoms with van der Waals surface area (Å²) < 4.78 is 11.3. The van der Waals surface area contributed by atoms with E-state index in [0.29, 0.717) is 17.9 Å². The molecule has 0 radical (unpaired) electrons. The Morgan fingerprint density at radius 1 is 1.26 bits per heavy atom. The molecule has 6 heteroatoms. The third-order valence-electron chi connectivity index (χ3n) is 4.38. The summed E-state index contributed by atoms with van der Waals surface area (Å²) in [7, 11) is 0. The van der Waals surface area contributed by atoms with Crippen molar-refractivity contribution in [3.05, 3.63) is 65.7 Å². The predicted molar refractivity (Wildman–Crippen MR) is 106 cm³/mol. The number of ether oxygens (including phenoxy) is 2. The van der Waals surface area contributed by atoms with Crippen LogP contribution in [0.25, 0.3) is 10.6 Å². The van der Waals surface area contributed by atoms with Crippen molar-refractivity contribution in [1.29, 1.82) is 0 Å². The highest BCUT2D eigenvalue weighted by atomic mass is 32.1. The van der Waals surface area contributed by atoms with Gasteiger partial charge in [-0.1, -0.05) is 6.07 Å². The van der Waals surface area contributed by atoms with Crippen LogP contribution >= 0.6 is 11.3 Å². The number of thiazole rings is 1. The smallest absolute Gasteiger partial charge is 0.255 e. The van der Waals surface area contributed by atoms with Gasteiger partial charge >= 0.3 is 0 Å². The van der Waals surface area contributed by atoms with Crippen LogP contribution in [0.3, 0.4) is 0 Å². The molecule has 27 heavy (non-hydrogen) atoms. The minimum atomic E-state index is -0.167. The van der Waals surface area contributed by atoms with Gasteiger partial charge in [-0.3, -0.25) is 4.79 Å². The quantitative estimate of drug-likeness (QED) is 0.678. The van der Waals surface area contributed by atoms with Gasteiger partial charge in [0.05, 0.1) is 6.10 Å². The Morgan fingerprint density at radius 2 is 2.15 bits per heavy atom. The van der Waals surface area contributed by atoms with E-state index in [1.165, 1.54) is 0 Å². The molecular weight excluding hydrogens is 360 g/mol. The van der Waals surface area contributed by atoms with Crippen molar-refractivity contribution < 1.29 is 14.3 Å². The van der Waals surface area contributed by atoms with E-state index < -0.39 is 0 Å². The van der Waals surface area contributed by atoms with Gasteiger partial charge in [0.25, 0.3) is 5.91 Å². The average molecular weight is 380 g/mol. The van der Waals surface area contributed by atoms with Crippen LogP contribution in [0, 0.1) is 0 Å². The van der Waals surface area contributed by atoms with E-state index in [1.54, 1.807) is 29.7 Å². The standard InChI is InChI=1S/C21H20N2O3S/c24-20(23-17-8-6-15(7-9-17)21-22-10-12-27-21)16-3-1-4-18(13-16)26-14-19-5-2-11-25-19/h1,3-4,6-10,12-13,19H,2,5,11,14H2,(H,23,24). The van der Waals surface area contributed by atoms with E-state index in [4.69, 9.17) is 9.47 Å². The summed E-state index contributed by atoms with van der Waals surface area (Å²) in [6.07, 6.45) is 4.04. The number of benzene rings is 2. The summed E-state index contributed by atoms with van der Waals surface area (Å²) in [6.45, 7) is 1.32. The molecule has 5 nitrogen and oxygen atoms in total. The minimum Gasteiger partial charge on any atom is -0.491 e. The molecule has 1 aliphatic heterocycles. The molecule has 0 bridgehead atoms. The van der Waals surface area contributed by atoms with Crippen LogP contribution in [0.2, 0.25) is 0 Å². The Balaban J connectivity index is 1.38.